The van der Waals surface area contributed by atoms with E-state index < -0.39 is 21.2 Å². The van der Waals surface area contributed by atoms with Gasteiger partial charge in [0.2, 0.25) is 0 Å². The SMILES string of the molecule is CC1(C)C([I-]C2=CC=CC34c5ccccc5OC3C24)=C(N=C(N)n2c3ccccc3c3cc4ccccc4cc32)c2ccccc21. The van der Waals surface area contributed by atoms with Gasteiger partial charge >= 0.3 is 279 Å². The number of para-hydroxylation sites is 2. The topological polar surface area (TPSA) is 52.5 Å². The predicted molar refractivity (Wildman–Crippen MR) is 184 cm³/mol. The maximum atomic E-state index is 7.14. The van der Waals surface area contributed by atoms with Crippen LogP contribution in [0.1, 0.15) is 30.5 Å². The standard InChI is InChI=1S/C41H31IN3O/c1-40(2)29-16-7-5-15-27(29)36(37(40)42-31-18-11-21-41-30-17-8-10-20-34(30)46-38(41)35(31)41)44-39(43)45-32-19-9-6-14-26(32)28-22-24-12-3-4-13-25(24)23-33(28)45/h3-23,35,38H,1-2H3,(H2,43,44)/q-1. The number of nitrogens with two attached hydrogens (primary N) is 1. The van der Waals surface area contributed by atoms with E-state index in [0.717, 1.165) is 22.5 Å². The first-order valence-corrected chi connectivity index (χ1v) is 18.0. The van der Waals surface area contributed by atoms with E-state index in [2.05, 4.69) is 146 Å². The van der Waals surface area contributed by atoms with Crippen molar-refractivity contribution >= 4 is 44.2 Å². The third-order valence-electron chi connectivity index (χ3n) is 10.5. The van der Waals surface area contributed by atoms with Crippen molar-refractivity contribution in [1.82, 2.24) is 4.57 Å². The van der Waals surface area contributed by atoms with Gasteiger partial charge in [-0.2, -0.15) is 0 Å². The third kappa shape index (κ3) is 3.41. The van der Waals surface area contributed by atoms with Crippen molar-refractivity contribution < 1.29 is 25.9 Å². The Morgan fingerprint density at radius 2 is 1.52 bits per heavy atom. The Bertz CT molecular complexity index is 2440. The van der Waals surface area contributed by atoms with Gasteiger partial charge in [0.1, 0.15) is 0 Å². The summed E-state index contributed by atoms with van der Waals surface area (Å²) in [6.45, 7) is 4.72. The maximum absolute atomic E-state index is 7.14. The molecule has 46 heavy (non-hydrogen) atoms. The van der Waals surface area contributed by atoms with Crippen LogP contribution < -0.4 is 31.7 Å². The summed E-state index contributed by atoms with van der Waals surface area (Å²) in [5.74, 6) is 1.93. The van der Waals surface area contributed by atoms with E-state index in [0.29, 0.717) is 11.9 Å². The first kappa shape index (κ1) is 26.6. The quantitative estimate of drug-likeness (QED) is 0.147. The van der Waals surface area contributed by atoms with Gasteiger partial charge in [0.15, 0.2) is 0 Å². The van der Waals surface area contributed by atoms with Crippen molar-refractivity contribution in [1.29, 1.82) is 0 Å². The number of halogens is 1. The molecule has 1 aromatic heterocycles. The van der Waals surface area contributed by atoms with Crippen molar-refractivity contribution in [2.45, 2.75) is 30.8 Å². The van der Waals surface area contributed by atoms with Gasteiger partial charge in [-0.1, -0.05) is 0 Å². The van der Waals surface area contributed by atoms with Crippen molar-refractivity contribution in [2.24, 2.45) is 16.6 Å². The summed E-state index contributed by atoms with van der Waals surface area (Å²) in [5, 5.41) is 4.78. The molecule has 4 aliphatic rings. The molecule has 4 nitrogen and oxygen atoms in total. The zero-order valence-electron chi connectivity index (χ0n) is 25.5. The molecule has 6 aromatic rings. The molecule has 0 radical (unpaired) electrons. The fourth-order valence-electron chi connectivity index (χ4n) is 8.29. The zero-order valence-corrected chi connectivity index (χ0v) is 27.7. The first-order chi connectivity index (χ1) is 22.5. The fourth-order valence-corrected chi connectivity index (χ4v) is 12.1. The summed E-state index contributed by atoms with van der Waals surface area (Å²) in [6.07, 6.45) is 7.20. The summed E-state index contributed by atoms with van der Waals surface area (Å²) < 4.78 is 11.6. The Morgan fingerprint density at radius 3 is 2.39 bits per heavy atom. The van der Waals surface area contributed by atoms with E-state index in [1.54, 1.807) is 0 Å². The minimum atomic E-state index is -0.546. The average molecular weight is 709 g/mol. The van der Waals surface area contributed by atoms with Gasteiger partial charge in [0, 0.05) is 0 Å². The second-order valence-electron chi connectivity index (χ2n) is 13.3. The Morgan fingerprint density at radius 1 is 0.804 bits per heavy atom. The van der Waals surface area contributed by atoms with Crippen LogP contribution in [0.4, 0.5) is 0 Å². The van der Waals surface area contributed by atoms with E-state index in [9.17, 15) is 0 Å². The molecule has 3 unspecified atom stereocenters. The summed E-state index contributed by atoms with van der Waals surface area (Å²) >= 11 is -0.546. The van der Waals surface area contributed by atoms with Crippen LogP contribution in [-0.2, 0) is 10.8 Å². The molecule has 0 saturated heterocycles. The second-order valence-corrected chi connectivity index (χ2v) is 16.2. The molecule has 1 fully saturated rings. The third-order valence-corrected chi connectivity index (χ3v) is 14.6. The van der Waals surface area contributed by atoms with Crippen LogP contribution in [0.5, 0.6) is 5.75 Å². The number of fused-ring (bicyclic) bond motifs is 7. The monoisotopic (exact) mass is 708 g/mol. The van der Waals surface area contributed by atoms with Crippen molar-refractivity contribution in [2.75, 3.05) is 0 Å². The minimum absolute atomic E-state index is 0.0231. The first-order valence-electron chi connectivity index (χ1n) is 15.9. The zero-order chi connectivity index (χ0) is 30.8. The van der Waals surface area contributed by atoms with E-state index in [4.69, 9.17) is 15.5 Å². The van der Waals surface area contributed by atoms with Crippen LogP contribution in [0.15, 0.2) is 140 Å². The second kappa shape index (κ2) is 9.23. The van der Waals surface area contributed by atoms with Gasteiger partial charge in [-0.15, -0.1) is 0 Å². The van der Waals surface area contributed by atoms with Crippen molar-refractivity contribution in [3.63, 3.8) is 0 Å². The Balaban J connectivity index is 1.14. The molecule has 10 rings (SSSR count). The van der Waals surface area contributed by atoms with Crippen molar-refractivity contribution in [3.05, 3.63) is 151 Å². The molecule has 5 heteroatoms. The molecular weight excluding hydrogens is 677 g/mol. The van der Waals surface area contributed by atoms with Gasteiger partial charge in [-0.05, 0) is 0 Å². The molecule has 0 bridgehead atoms. The van der Waals surface area contributed by atoms with Crippen LogP contribution in [0.2, 0.25) is 0 Å². The van der Waals surface area contributed by atoms with E-state index >= 15 is 0 Å². The van der Waals surface area contributed by atoms with Gasteiger partial charge in [-0.3, -0.25) is 0 Å². The van der Waals surface area contributed by atoms with Crippen molar-refractivity contribution in [3.8, 4) is 5.75 Å². The molecule has 0 amide bonds. The van der Waals surface area contributed by atoms with Gasteiger partial charge < -0.3 is 0 Å². The number of hydrogen-bond acceptors (Lipinski definition) is 2. The number of allylic oxidation sites excluding steroid dienone is 3. The molecule has 2 heterocycles. The summed E-state index contributed by atoms with van der Waals surface area (Å²) in [7, 11) is 0. The number of rotatable bonds is 3. The van der Waals surface area contributed by atoms with Crippen LogP contribution >= 0.6 is 0 Å². The van der Waals surface area contributed by atoms with Gasteiger partial charge in [0.05, 0.1) is 0 Å². The molecule has 1 aliphatic heterocycles. The van der Waals surface area contributed by atoms with Crippen LogP contribution in [0, 0.1) is 5.92 Å². The molecule has 5 aromatic carbocycles. The van der Waals surface area contributed by atoms with E-state index in [1.807, 2.05) is 0 Å². The van der Waals surface area contributed by atoms with E-state index in [-0.39, 0.29) is 16.9 Å². The van der Waals surface area contributed by atoms with Crippen LogP contribution in [0.3, 0.4) is 0 Å². The Kier molecular flexibility index (Phi) is 5.33. The number of nitrogens with zero attached hydrogens (tertiary/aromatic N) is 2. The van der Waals surface area contributed by atoms with Crippen LogP contribution in [0.25, 0.3) is 38.3 Å². The summed E-state index contributed by atoms with van der Waals surface area (Å²) in [6, 6.07) is 38.9. The summed E-state index contributed by atoms with van der Waals surface area (Å²) in [5.41, 5.74) is 14.0. The van der Waals surface area contributed by atoms with Gasteiger partial charge in [-0.25, -0.2) is 0 Å². The number of aromatic nitrogens is 1. The summed E-state index contributed by atoms with van der Waals surface area (Å²) in [4.78, 5) is 5.42. The molecular formula is C41H31IN3O-. The van der Waals surface area contributed by atoms with Gasteiger partial charge in [0.25, 0.3) is 0 Å². The fraction of sp³-hybridized carbons (Fsp3) is 0.146. The molecule has 2 N–H and O–H groups in total. The number of aliphatic imine (C=N–C) groups is 1. The normalized spacial score (nSPS) is 23.8. The molecule has 1 saturated carbocycles. The number of benzene rings is 5. The number of ether oxygens (including phenoxy) is 1. The van der Waals surface area contributed by atoms with Crippen LogP contribution in [-0.4, -0.2) is 16.6 Å². The molecule has 3 aliphatic carbocycles. The Hall–Kier alpha value is -4.62. The molecule has 3 atom stereocenters. The average Bonchev–Trinajstić information content (AvgIpc) is 3.35. The Labute approximate surface area is 277 Å². The molecule has 224 valence electrons. The number of hydrogen-bond donors (Lipinski definition) is 1. The van der Waals surface area contributed by atoms with E-state index in [1.165, 1.54) is 45.4 Å². The predicted octanol–water partition coefficient (Wildman–Crippen LogP) is 5.64. The molecule has 1 spiro atoms.